The number of fused-ring (bicyclic) bond motifs is 1. The number of nitro groups is 1. The minimum atomic E-state index is -0.644. The number of para-hydroxylation sites is 1. The number of nitrogens with one attached hydrogen (secondary N) is 1. The van der Waals surface area contributed by atoms with Crippen molar-refractivity contribution in [1.82, 2.24) is 14.6 Å². The molecule has 10 heteroatoms. The van der Waals surface area contributed by atoms with Crippen LogP contribution < -0.4 is 16.7 Å². The molecule has 1 aromatic heterocycles. The first-order valence-corrected chi connectivity index (χ1v) is 10.4. The van der Waals surface area contributed by atoms with E-state index in [0.29, 0.717) is 17.3 Å². The second-order valence-corrected chi connectivity index (χ2v) is 7.65. The summed E-state index contributed by atoms with van der Waals surface area (Å²) in [7, 11) is 0. The van der Waals surface area contributed by atoms with Gasteiger partial charge in [-0.25, -0.2) is 10.3 Å². The van der Waals surface area contributed by atoms with Gasteiger partial charge in [-0.05, 0) is 41.8 Å². The molecule has 0 spiro atoms. The van der Waals surface area contributed by atoms with E-state index in [1.54, 1.807) is 54.0 Å². The maximum absolute atomic E-state index is 13.3. The third kappa shape index (κ3) is 4.48. The van der Waals surface area contributed by atoms with Crippen LogP contribution in [0, 0.1) is 10.1 Å². The van der Waals surface area contributed by atoms with E-state index in [4.69, 9.17) is 5.21 Å². The lowest BCUT2D eigenvalue weighted by Gasteiger charge is -2.14. The van der Waals surface area contributed by atoms with Crippen molar-refractivity contribution < 1.29 is 14.9 Å². The second-order valence-electron chi connectivity index (χ2n) is 7.65. The van der Waals surface area contributed by atoms with Crippen molar-refractivity contribution in [2.75, 3.05) is 0 Å². The van der Waals surface area contributed by atoms with Crippen LogP contribution in [0.3, 0.4) is 0 Å². The Hall–Kier alpha value is -4.57. The van der Waals surface area contributed by atoms with E-state index in [-0.39, 0.29) is 24.3 Å². The van der Waals surface area contributed by atoms with Gasteiger partial charge in [-0.3, -0.25) is 34.0 Å². The van der Waals surface area contributed by atoms with Gasteiger partial charge in [0.05, 0.1) is 22.4 Å². The maximum Gasteiger partial charge on any atom is 0.331 e. The van der Waals surface area contributed by atoms with E-state index in [0.717, 1.165) is 15.7 Å². The summed E-state index contributed by atoms with van der Waals surface area (Å²) in [6.07, 6.45) is 0.344. The molecule has 0 fully saturated rings. The van der Waals surface area contributed by atoms with E-state index in [1.165, 1.54) is 28.8 Å². The number of non-ortho nitro benzene ring substituents is 1. The lowest BCUT2D eigenvalue weighted by molar-refractivity contribution is -0.384. The van der Waals surface area contributed by atoms with Crippen LogP contribution in [-0.4, -0.2) is 25.2 Å². The molecule has 0 saturated carbocycles. The highest BCUT2D eigenvalue weighted by atomic mass is 16.6. The fourth-order valence-corrected chi connectivity index (χ4v) is 3.75. The Labute approximate surface area is 192 Å². The number of benzene rings is 3. The standard InChI is InChI=1S/C24H20N4O6/c29-22(25-32)18-9-5-17(6-10-18)15-27-21-4-2-1-3-20(21)23(30)26(24(27)31)14-13-16-7-11-19(12-8-16)28(33)34/h1-12,32H,13-15H2,(H,25,29). The van der Waals surface area contributed by atoms with Gasteiger partial charge in [0.1, 0.15) is 0 Å². The van der Waals surface area contributed by atoms with Crippen LogP contribution in [-0.2, 0) is 19.5 Å². The molecule has 0 unspecified atom stereocenters. The van der Waals surface area contributed by atoms with Crippen LogP contribution >= 0.6 is 0 Å². The molecule has 2 N–H and O–H groups in total. The van der Waals surface area contributed by atoms with E-state index in [2.05, 4.69) is 0 Å². The predicted octanol–water partition coefficient (Wildman–Crippen LogP) is 2.48. The Morgan fingerprint density at radius 2 is 1.56 bits per heavy atom. The lowest BCUT2D eigenvalue weighted by atomic mass is 10.1. The van der Waals surface area contributed by atoms with Crippen molar-refractivity contribution >= 4 is 22.5 Å². The first-order valence-electron chi connectivity index (χ1n) is 10.4. The third-order valence-electron chi connectivity index (χ3n) is 5.56. The van der Waals surface area contributed by atoms with Gasteiger partial charge in [-0.2, -0.15) is 0 Å². The fraction of sp³-hybridized carbons (Fsp3) is 0.125. The van der Waals surface area contributed by atoms with Crippen LogP contribution in [0.2, 0.25) is 0 Å². The average molecular weight is 460 g/mol. The number of aromatic nitrogens is 2. The molecule has 34 heavy (non-hydrogen) atoms. The number of amides is 1. The van der Waals surface area contributed by atoms with Gasteiger partial charge in [-0.15, -0.1) is 0 Å². The summed E-state index contributed by atoms with van der Waals surface area (Å²) in [4.78, 5) is 48.3. The van der Waals surface area contributed by atoms with Crippen molar-refractivity contribution in [3.63, 3.8) is 0 Å². The lowest BCUT2D eigenvalue weighted by Crippen LogP contribution is -2.40. The Morgan fingerprint density at radius 3 is 2.21 bits per heavy atom. The van der Waals surface area contributed by atoms with E-state index < -0.39 is 22.1 Å². The van der Waals surface area contributed by atoms with Crippen LogP contribution in [0.4, 0.5) is 5.69 Å². The largest absolute Gasteiger partial charge is 0.331 e. The van der Waals surface area contributed by atoms with Gasteiger partial charge < -0.3 is 0 Å². The number of carbonyl (C=O) groups is 1. The third-order valence-corrected chi connectivity index (χ3v) is 5.56. The first-order chi connectivity index (χ1) is 16.4. The van der Waals surface area contributed by atoms with Crippen molar-refractivity contribution in [1.29, 1.82) is 0 Å². The zero-order valence-corrected chi connectivity index (χ0v) is 17.9. The molecule has 0 atom stereocenters. The van der Waals surface area contributed by atoms with Crippen molar-refractivity contribution in [2.24, 2.45) is 0 Å². The molecule has 0 radical (unpaired) electrons. The van der Waals surface area contributed by atoms with Gasteiger partial charge in [-0.1, -0.05) is 36.4 Å². The molecule has 3 aromatic carbocycles. The summed E-state index contributed by atoms with van der Waals surface area (Å²) in [5.41, 5.74) is 2.88. The number of nitrogens with zero attached hydrogens (tertiary/aromatic N) is 3. The van der Waals surface area contributed by atoms with E-state index in [1.807, 2.05) is 0 Å². The average Bonchev–Trinajstić information content (AvgIpc) is 2.86. The molecule has 0 aliphatic carbocycles. The molecule has 0 aliphatic rings. The second kappa shape index (κ2) is 9.51. The molecular weight excluding hydrogens is 440 g/mol. The van der Waals surface area contributed by atoms with E-state index in [9.17, 15) is 24.5 Å². The highest BCUT2D eigenvalue weighted by Crippen LogP contribution is 2.14. The summed E-state index contributed by atoms with van der Waals surface area (Å²) >= 11 is 0. The smallest absolute Gasteiger partial charge is 0.289 e. The Bertz CT molecular complexity index is 1490. The van der Waals surface area contributed by atoms with Gasteiger partial charge in [0.25, 0.3) is 17.2 Å². The highest BCUT2D eigenvalue weighted by molar-refractivity contribution is 5.93. The van der Waals surface area contributed by atoms with Crippen LogP contribution in [0.1, 0.15) is 21.5 Å². The molecule has 4 rings (SSSR count). The SMILES string of the molecule is O=C(NO)c1ccc(Cn2c(=O)n(CCc3ccc([N+](=O)[O-])cc3)c(=O)c3ccccc32)cc1. The molecular formula is C24H20N4O6. The first kappa shape index (κ1) is 22.6. The number of rotatable bonds is 7. The molecule has 172 valence electrons. The topological polar surface area (TPSA) is 136 Å². The van der Waals surface area contributed by atoms with Gasteiger partial charge in [0, 0.05) is 24.2 Å². The summed E-state index contributed by atoms with van der Waals surface area (Å²) in [5, 5.41) is 20.0. The number of hydroxylamine groups is 1. The number of hydrogen-bond acceptors (Lipinski definition) is 6. The van der Waals surface area contributed by atoms with E-state index >= 15 is 0 Å². The molecule has 0 bridgehead atoms. The number of nitro benzene ring substituents is 1. The Kier molecular flexibility index (Phi) is 6.33. The zero-order valence-electron chi connectivity index (χ0n) is 17.9. The monoisotopic (exact) mass is 460 g/mol. The normalized spacial score (nSPS) is 10.9. The Morgan fingerprint density at radius 1 is 0.912 bits per heavy atom. The van der Waals surface area contributed by atoms with Crippen molar-refractivity contribution in [3.05, 3.63) is 120 Å². The van der Waals surface area contributed by atoms with Crippen LogP contribution in [0.5, 0.6) is 0 Å². The number of aryl methyl sites for hydroxylation is 1. The molecule has 1 heterocycles. The number of carbonyl (C=O) groups excluding carboxylic acids is 1. The maximum atomic E-state index is 13.3. The predicted molar refractivity (Wildman–Crippen MR) is 124 cm³/mol. The zero-order chi connectivity index (χ0) is 24.2. The summed E-state index contributed by atoms with van der Waals surface area (Å²) in [6.45, 7) is 0.272. The molecule has 1 amide bonds. The summed E-state index contributed by atoms with van der Waals surface area (Å²) < 4.78 is 2.66. The highest BCUT2D eigenvalue weighted by Gasteiger charge is 2.14. The van der Waals surface area contributed by atoms with Gasteiger partial charge in [0.15, 0.2) is 0 Å². The van der Waals surface area contributed by atoms with Crippen molar-refractivity contribution in [2.45, 2.75) is 19.5 Å². The molecule has 10 nitrogen and oxygen atoms in total. The molecule has 0 aliphatic heterocycles. The fourth-order valence-electron chi connectivity index (χ4n) is 3.75. The quantitative estimate of drug-likeness (QED) is 0.247. The van der Waals surface area contributed by atoms with Gasteiger partial charge in [0.2, 0.25) is 0 Å². The number of hydrogen-bond donors (Lipinski definition) is 2. The summed E-state index contributed by atoms with van der Waals surface area (Å²) in [5.74, 6) is -0.644. The Balaban J connectivity index is 1.69. The minimum Gasteiger partial charge on any atom is -0.289 e. The van der Waals surface area contributed by atoms with Crippen LogP contribution in [0.15, 0.2) is 82.4 Å². The van der Waals surface area contributed by atoms with Crippen molar-refractivity contribution in [3.8, 4) is 0 Å². The molecule has 0 saturated heterocycles. The summed E-state index contributed by atoms with van der Waals surface area (Å²) in [6, 6.07) is 19.2. The van der Waals surface area contributed by atoms with Crippen LogP contribution in [0.25, 0.3) is 10.9 Å². The minimum absolute atomic E-state index is 0.0310. The van der Waals surface area contributed by atoms with Gasteiger partial charge >= 0.3 is 5.69 Å². The molecule has 4 aromatic rings.